The second-order valence-corrected chi connectivity index (χ2v) is 6.52. The predicted molar refractivity (Wildman–Crippen MR) is 88.6 cm³/mol. The van der Waals surface area contributed by atoms with Gasteiger partial charge in [-0.3, -0.25) is 0 Å². The van der Waals surface area contributed by atoms with Gasteiger partial charge in [-0.2, -0.15) is 0 Å². The van der Waals surface area contributed by atoms with Gasteiger partial charge in [0.1, 0.15) is 0 Å². The van der Waals surface area contributed by atoms with Crippen molar-refractivity contribution < 1.29 is 0 Å². The van der Waals surface area contributed by atoms with E-state index in [2.05, 4.69) is 60.1 Å². The number of nitrogens with one attached hydrogen (secondary N) is 1. The van der Waals surface area contributed by atoms with Crippen LogP contribution in [0.4, 0.5) is 5.69 Å². The van der Waals surface area contributed by atoms with Crippen LogP contribution < -0.4 is 5.32 Å². The van der Waals surface area contributed by atoms with Crippen LogP contribution in [0.1, 0.15) is 18.4 Å². The minimum atomic E-state index is 0.698. The van der Waals surface area contributed by atoms with E-state index in [0.717, 1.165) is 0 Å². The number of benzene rings is 2. The first-order chi connectivity index (χ1) is 9.81. The van der Waals surface area contributed by atoms with Crippen LogP contribution in [0, 0.1) is 6.92 Å². The Morgan fingerprint density at radius 2 is 2.00 bits per heavy atom. The second kappa shape index (κ2) is 4.64. The average molecular weight is 279 g/mol. The first-order valence-corrected chi connectivity index (χ1v) is 8.03. The molecule has 0 atom stereocenters. The average Bonchev–Trinajstić information content (AvgIpc) is 3.15. The van der Waals surface area contributed by atoms with E-state index in [9.17, 15) is 0 Å². The van der Waals surface area contributed by atoms with E-state index in [1.165, 1.54) is 45.3 Å². The van der Waals surface area contributed by atoms with E-state index < -0.39 is 0 Å². The summed E-state index contributed by atoms with van der Waals surface area (Å²) in [5, 5.41) is 7.13. The van der Waals surface area contributed by atoms with E-state index in [1.54, 1.807) is 11.3 Å². The number of hydrogen-bond acceptors (Lipinski definition) is 2. The molecule has 0 bridgehead atoms. The Kier molecular flexibility index (Phi) is 2.78. The van der Waals surface area contributed by atoms with Crippen LogP contribution in [0.25, 0.3) is 21.2 Å². The minimum Gasteiger partial charge on any atom is -0.382 e. The maximum atomic E-state index is 3.63. The van der Waals surface area contributed by atoms with Gasteiger partial charge in [-0.25, -0.2) is 0 Å². The Labute approximate surface area is 123 Å². The van der Waals surface area contributed by atoms with Crippen LogP contribution in [-0.2, 0) is 0 Å². The maximum absolute atomic E-state index is 3.63. The molecule has 2 aromatic carbocycles. The molecule has 2 heteroatoms. The van der Waals surface area contributed by atoms with Crippen molar-refractivity contribution in [3.8, 4) is 11.1 Å². The largest absolute Gasteiger partial charge is 0.382 e. The van der Waals surface area contributed by atoms with Crippen molar-refractivity contribution in [2.45, 2.75) is 25.8 Å². The zero-order valence-corrected chi connectivity index (χ0v) is 12.3. The number of thiophene rings is 1. The van der Waals surface area contributed by atoms with Crippen molar-refractivity contribution >= 4 is 27.1 Å². The lowest BCUT2D eigenvalue weighted by molar-refractivity contribution is 1.15. The van der Waals surface area contributed by atoms with Crippen molar-refractivity contribution in [1.29, 1.82) is 0 Å². The summed E-state index contributed by atoms with van der Waals surface area (Å²) in [6, 6.07) is 16.2. The molecule has 20 heavy (non-hydrogen) atoms. The first kappa shape index (κ1) is 12.0. The summed E-state index contributed by atoms with van der Waals surface area (Å²) in [5.74, 6) is 0. The fraction of sp³-hybridized carbons (Fsp3) is 0.222. The topological polar surface area (TPSA) is 12.0 Å². The number of rotatable bonds is 3. The molecule has 1 heterocycles. The fourth-order valence-corrected chi connectivity index (χ4v) is 3.46. The van der Waals surface area contributed by atoms with Gasteiger partial charge in [0, 0.05) is 16.4 Å². The van der Waals surface area contributed by atoms with Gasteiger partial charge < -0.3 is 5.32 Å². The molecule has 1 fully saturated rings. The summed E-state index contributed by atoms with van der Waals surface area (Å²) in [7, 11) is 0. The molecular weight excluding hydrogens is 262 g/mol. The molecule has 1 aliphatic carbocycles. The molecule has 0 saturated heterocycles. The van der Waals surface area contributed by atoms with E-state index in [1.807, 2.05) is 0 Å². The van der Waals surface area contributed by atoms with E-state index in [4.69, 9.17) is 0 Å². The summed E-state index contributed by atoms with van der Waals surface area (Å²) >= 11 is 1.80. The first-order valence-electron chi connectivity index (χ1n) is 7.15. The molecule has 4 rings (SSSR count). The number of hydrogen-bond donors (Lipinski definition) is 1. The molecule has 0 amide bonds. The van der Waals surface area contributed by atoms with Crippen molar-refractivity contribution in [3.63, 3.8) is 0 Å². The predicted octanol–water partition coefficient (Wildman–Crippen LogP) is 5.45. The molecule has 100 valence electrons. The second-order valence-electron chi connectivity index (χ2n) is 5.57. The highest BCUT2D eigenvalue weighted by Gasteiger charge is 2.21. The maximum Gasteiger partial charge on any atom is 0.0378 e. The van der Waals surface area contributed by atoms with Crippen LogP contribution in [0.2, 0.25) is 0 Å². The number of fused-ring (bicyclic) bond motifs is 1. The monoisotopic (exact) mass is 279 g/mol. The zero-order valence-electron chi connectivity index (χ0n) is 11.5. The third kappa shape index (κ3) is 2.10. The summed E-state index contributed by atoms with van der Waals surface area (Å²) < 4.78 is 1.36. The molecule has 0 spiro atoms. The molecular formula is C18H17NS. The SMILES string of the molecule is Cc1c(NC2CC2)cccc1-c1ccc2sccc2c1. The van der Waals surface area contributed by atoms with Crippen molar-refractivity contribution in [1.82, 2.24) is 0 Å². The fourth-order valence-electron chi connectivity index (χ4n) is 2.69. The Hall–Kier alpha value is -1.80. The molecule has 3 aromatic rings. The van der Waals surface area contributed by atoms with Crippen molar-refractivity contribution in [2.24, 2.45) is 0 Å². The highest BCUT2D eigenvalue weighted by molar-refractivity contribution is 7.17. The lowest BCUT2D eigenvalue weighted by Gasteiger charge is -2.13. The standard InChI is InChI=1S/C18H17NS/c1-12-16(3-2-4-17(12)19-15-6-7-15)13-5-8-18-14(11-13)9-10-20-18/h2-5,8-11,15,19H,6-7H2,1H3. The van der Waals surface area contributed by atoms with E-state index >= 15 is 0 Å². The van der Waals surface area contributed by atoms with E-state index in [0.29, 0.717) is 6.04 Å². The molecule has 0 aliphatic heterocycles. The van der Waals surface area contributed by atoms with Gasteiger partial charge in [0.25, 0.3) is 0 Å². The highest BCUT2D eigenvalue weighted by atomic mass is 32.1. The van der Waals surface area contributed by atoms with Gasteiger partial charge in [0.15, 0.2) is 0 Å². The minimum absolute atomic E-state index is 0.698. The quantitative estimate of drug-likeness (QED) is 0.672. The van der Waals surface area contributed by atoms with Gasteiger partial charge in [-0.15, -0.1) is 11.3 Å². The third-order valence-electron chi connectivity index (χ3n) is 4.03. The Morgan fingerprint density at radius 3 is 2.85 bits per heavy atom. The normalized spacial score (nSPS) is 14.7. The summed E-state index contributed by atoms with van der Waals surface area (Å²) in [5.41, 5.74) is 5.29. The lowest BCUT2D eigenvalue weighted by atomic mass is 9.98. The molecule has 1 nitrogen and oxygen atoms in total. The van der Waals surface area contributed by atoms with Crippen molar-refractivity contribution in [3.05, 3.63) is 53.4 Å². The van der Waals surface area contributed by atoms with Gasteiger partial charge >= 0.3 is 0 Å². The van der Waals surface area contributed by atoms with E-state index in [-0.39, 0.29) is 0 Å². The van der Waals surface area contributed by atoms with Gasteiger partial charge in [0.05, 0.1) is 0 Å². The van der Waals surface area contributed by atoms with Gasteiger partial charge in [0.2, 0.25) is 0 Å². The highest BCUT2D eigenvalue weighted by Crippen LogP contribution is 2.34. The summed E-state index contributed by atoms with van der Waals surface area (Å²) in [6.45, 7) is 2.22. The molecule has 0 unspecified atom stereocenters. The Balaban J connectivity index is 1.79. The summed E-state index contributed by atoms with van der Waals surface area (Å²) in [6.07, 6.45) is 2.62. The van der Waals surface area contributed by atoms with Crippen molar-refractivity contribution in [2.75, 3.05) is 5.32 Å². The van der Waals surface area contributed by atoms with Crippen LogP contribution in [0.3, 0.4) is 0 Å². The van der Waals surface area contributed by atoms with Crippen LogP contribution in [-0.4, -0.2) is 6.04 Å². The molecule has 0 radical (unpaired) electrons. The third-order valence-corrected chi connectivity index (χ3v) is 4.93. The number of anilines is 1. The Morgan fingerprint density at radius 1 is 1.10 bits per heavy atom. The van der Waals surface area contributed by atoms with Gasteiger partial charge in [-0.05, 0) is 71.5 Å². The molecule has 1 aromatic heterocycles. The summed E-state index contributed by atoms with van der Waals surface area (Å²) in [4.78, 5) is 0. The molecule has 1 N–H and O–H groups in total. The molecule has 1 saturated carbocycles. The van der Waals surface area contributed by atoms with Gasteiger partial charge in [-0.1, -0.05) is 18.2 Å². The lowest BCUT2D eigenvalue weighted by Crippen LogP contribution is -2.03. The van der Waals surface area contributed by atoms with Crippen LogP contribution >= 0.6 is 11.3 Å². The Bertz CT molecular complexity index is 768. The molecule has 1 aliphatic rings. The smallest absolute Gasteiger partial charge is 0.0378 e. The van der Waals surface area contributed by atoms with Crippen LogP contribution in [0.15, 0.2) is 47.8 Å². The zero-order chi connectivity index (χ0) is 13.5. The van der Waals surface area contributed by atoms with Crippen LogP contribution in [0.5, 0.6) is 0 Å².